The second-order valence-electron chi connectivity index (χ2n) is 4.80. The highest BCUT2D eigenvalue weighted by molar-refractivity contribution is 5.79. The van der Waals surface area contributed by atoms with Crippen LogP contribution in [0.5, 0.6) is 0 Å². The minimum atomic E-state index is -0.0171. The monoisotopic (exact) mass is 283 g/mol. The summed E-state index contributed by atoms with van der Waals surface area (Å²) in [5, 5.41) is 7.33. The molecule has 0 spiro atoms. The summed E-state index contributed by atoms with van der Waals surface area (Å²) in [6.07, 6.45) is 3.33. The molecule has 3 heterocycles. The molecule has 21 heavy (non-hydrogen) atoms. The van der Waals surface area contributed by atoms with E-state index in [0.29, 0.717) is 24.9 Å². The van der Waals surface area contributed by atoms with Crippen molar-refractivity contribution in [2.75, 3.05) is 19.8 Å². The Morgan fingerprint density at radius 1 is 1.14 bits per heavy atom. The van der Waals surface area contributed by atoms with Crippen molar-refractivity contribution >= 4 is 11.0 Å². The van der Waals surface area contributed by atoms with Crippen LogP contribution in [0.15, 0.2) is 35.1 Å². The Labute approximate surface area is 120 Å². The molecule has 7 heteroatoms. The van der Waals surface area contributed by atoms with Gasteiger partial charge in [-0.2, -0.15) is 4.98 Å². The Morgan fingerprint density at radius 3 is 2.90 bits per heavy atom. The molecule has 1 fully saturated rings. The van der Waals surface area contributed by atoms with Crippen LogP contribution in [0.1, 0.15) is 11.9 Å². The molecule has 0 saturated carbocycles. The molecule has 1 saturated heterocycles. The maximum Gasteiger partial charge on any atom is 0.258 e. The van der Waals surface area contributed by atoms with E-state index in [1.807, 2.05) is 18.2 Å². The van der Waals surface area contributed by atoms with Crippen molar-refractivity contribution in [2.24, 2.45) is 0 Å². The average molecular weight is 283 g/mol. The lowest BCUT2D eigenvalue weighted by molar-refractivity contribution is 0.0734. The number of rotatable bonds is 2. The molecule has 0 aliphatic carbocycles. The van der Waals surface area contributed by atoms with Crippen LogP contribution in [0.4, 0.5) is 0 Å². The van der Waals surface area contributed by atoms with E-state index < -0.39 is 0 Å². The molecule has 106 valence electrons. The van der Waals surface area contributed by atoms with Gasteiger partial charge in [0.25, 0.3) is 5.89 Å². The molecule has 1 atom stereocenters. The summed E-state index contributed by atoms with van der Waals surface area (Å²) in [5.41, 5.74) is 2.47. The van der Waals surface area contributed by atoms with Gasteiger partial charge in [-0.05, 0) is 18.2 Å². The largest absolute Gasteiger partial charge is 0.378 e. The zero-order valence-corrected chi connectivity index (χ0v) is 11.2. The topological polar surface area (TPSA) is 86.0 Å². The number of nitrogens with one attached hydrogen (secondary N) is 1. The van der Waals surface area contributed by atoms with Gasteiger partial charge in [-0.1, -0.05) is 5.16 Å². The first kappa shape index (κ1) is 12.4. The number of fused-ring (bicyclic) bond motifs is 1. The predicted octanol–water partition coefficient (Wildman–Crippen LogP) is 1.34. The zero-order chi connectivity index (χ0) is 14.1. The Morgan fingerprint density at radius 2 is 2.05 bits per heavy atom. The van der Waals surface area contributed by atoms with Gasteiger partial charge in [0.15, 0.2) is 5.82 Å². The molecule has 4 rings (SSSR count). The lowest BCUT2D eigenvalue weighted by Crippen LogP contribution is -2.35. The molecule has 3 aromatic rings. The van der Waals surface area contributed by atoms with Crippen molar-refractivity contribution in [2.45, 2.75) is 6.04 Å². The third kappa shape index (κ3) is 2.37. The first-order valence-corrected chi connectivity index (χ1v) is 6.76. The van der Waals surface area contributed by atoms with Crippen LogP contribution in [-0.4, -0.2) is 39.9 Å². The second-order valence-corrected chi connectivity index (χ2v) is 4.80. The van der Waals surface area contributed by atoms with Gasteiger partial charge < -0.3 is 14.6 Å². The first-order chi connectivity index (χ1) is 10.4. The number of morpholine rings is 1. The van der Waals surface area contributed by atoms with Crippen molar-refractivity contribution in [1.82, 2.24) is 25.4 Å². The van der Waals surface area contributed by atoms with Gasteiger partial charge in [0.2, 0.25) is 0 Å². The van der Waals surface area contributed by atoms with Gasteiger partial charge in [0.1, 0.15) is 0 Å². The average Bonchev–Trinajstić information content (AvgIpc) is 3.05. The predicted molar refractivity (Wildman–Crippen MR) is 74.4 cm³/mol. The van der Waals surface area contributed by atoms with Gasteiger partial charge >= 0.3 is 0 Å². The van der Waals surface area contributed by atoms with Crippen molar-refractivity contribution in [3.8, 4) is 11.5 Å². The number of nitrogens with zero attached hydrogens (tertiary/aromatic N) is 4. The maximum atomic E-state index is 5.41. The van der Waals surface area contributed by atoms with Crippen molar-refractivity contribution in [3.63, 3.8) is 0 Å². The van der Waals surface area contributed by atoms with E-state index >= 15 is 0 Å². The number of benzene rings is 1. The standard InChI is InChI=1S/C14H13N5O2/c1-2-10-11(16-4-3-15-10)7-9(1)14-18-13(19-21-14)12-8-20-6-5-17-12/h1-4,7,12,17H,5-6,8H2. The minimum absolute atomic E-state index is 0.0171. The third-order valence-electron chi connectivity index (χ3n) is 3.39. The summed E-state index contributed by atoms with van der Waals surface area (Å²) in [4.78, 5) is 13.0. The molecular weight excluding hydrogens is 270 g/mol. The Kier molecular flexibility index (Phi) is 3.06. The molecule has 2 aromatic heterocycles. The lowest BCUT2D eigenvalue weighted by Gasteiger charge is -2.20. The van der Waals surface area contributed by atoms with Crippen LogP contribution in [0.25, 0.3) is 22.5 Å². The van der Waals surface area contributed by atoms with Crippen LogP contribution in [-0.2, 0) is 4.74 Å². The number of ether oxygens (including phenoxy) is 1. The summed E-state index contributed by atoms with van der Waals surface area (Å²) < 4.78 is 10.8. The Balaban J connectivity index is 1.67. The van der Waals surface area contributed by atoms with Gasteiger partial charge in [-0.15, -0.1) is 0 Å². The molecule has 7 nitrogen and oxygen atoms in total. The Bertz CT molecular complexity index is 767. The summed E-state index contributed by atoms with van der Waals surface area (Å²) in [7, 11) is 0. The number of aromatic nitrogens is 4. The summed E-state index contributed by atoms with van der Waals surface area (Å²) in [6.45, 7) is 2.06. The third-order valence-corrected chi connectivity index (χ3v) is 3.39. The number of hydrogen-bond donors (Lipinski definition) is 1. The fraction of sp³-hybridized carbons (Fsp3) is 0.286. The summed E-state index contributed by atoms with van der Waals surface area (Å²) in [6, 6.07) is 5.67. The van der Waals surface area contributed by atoms with Crippen molar-refractivity contribution in [3.05, 3.63) is 36.4 Å². The zero-order valence-electron chi connectivity index (χ0n) is 11.2. The van der Waals surface area contributed by atoms with E-state index in [1.54, 1.807) is 12.4 Å². The molecular formula is C14H13N5O2. The van der Waals surface area contributed by atoms with Gasteiger partial charge in [-0.25, -0.2) is 0 Å². The van der Waals surface area contributed by atoms with Crippen LogP contribution in [0.2, 0.25) is 0 Å². The van der Waals surface area contributed by atoms with E-state index in [0.717, 1.165) is 23.1 Å². The van der Waals surface area contributed by atoms with Gasteiger partial charge in [0.05, 0.1) is 30.3 Å². The van der Waals surface area contributed by atoms with E-state index in [4.69, 9.17) is 9.26 Å². The first-order valence-electron chi connectivity index (χ1n) is 6.76. The summed E-state index contributed by atoms with van der Waals surface area (Å²) in [5.74, 6) is 1.09. The number of hydrogen-bond acceptors (Lipinski definition) is 7. The second kappa shape index (κ2) is 5.19. The summed E-state index contributed by atoms with van der Waals surface area (Å²) >= 11 is 0. The minimum Gasteiger partial charge on any atom is -0.378 e. The van der Waals surface area contributed by atoms with Crippen LogP contribution in [0.3, 0.4) is 0 Å². The molecule has 1 aliphatic heterocycles. The molecule has 0 bridgehead atoms. The van der Waals surface area contributed by atoms with Gasteiger partial charge in [-0.3, -0.25) is 9.97 Å². The quantitative estimate of drug-likeness (QED) is 0.759. The van der Waals surface area contributed by atoms with Crippen molar-refractivity contribution < 1.29 is 9.26 Å². The SMILES string of the molecule is c1cnc2cc(-c3nc(C4COCCN4)no3)ccc2n1. The molecule has 0 radical (unpaired) electrons. The highest BCUT2D eigenvalue weighted by Crippen LogP contribution is 2.22. The molecule has 0 amide bonds. The van der Waals surface area contributed by atoms with E-state index in [2.05, 4.69) is 25.4 Å². The normalized spacial score (nSPS) is 19.0. The molecule has 1 unspecified atom stereocenters. The molecule has 1 N–H and O–H groups in total. The van der Waals surface area contributed by atoms with E-state index in [-0.39, 0.29) is 6.04 Å². The van der Waals surface area contributed by atoms with Gasteiger partial charge in [0, 0.05) is 24.5 Å². The fourth-order valence-corrected chi connectivity index (χ4v) is 2.32. The smallest absolute Gasteiger partial charge is 0.258 e. The van der Waals surface area contributed by atoms with Crippen molar-refractivity contribution in [1.29, 1.82) is 0 Å². The maximum absolute atomic E-state index is 5.41. The van der Waals surface area contributed by atoms with E-state index in [1.165, 1.54) is 0 Å². The van der Waals surface area contributed by atoms with Crippen LogP contribution in [0, 0.1) is 0 Å². The fourth-order valence-electron chi connectivity index (χ4n) is 2.32. The van der Waals surface area contributed by atoms with Crippen LogP contribution < -0.4 is 5.32 Å². The molecule has 1 aromatic carbocycles. The highest BCUT2D eigenvalue weighted by atomic mass is 16.5. The lowest BCUT2D eigenvalue weighted by atomic mass is 10.2. The molecule has 1 aliphatic rings. The highest BCUT2D eigenvalue weighted by Gasteiger charge is 2.21. The van der Waals surface area contributed by atoms with Crippen LogP contribution >= 0.6 is 0 Å². The van der Waals surface area contributed by atoms with E-state index in [9.17, 15) is 0 Å². The Hall–Kier alpha value is -2.38.